The largest absolute Gasteiger partial charge is 0.508 e. The molecule has 0 fully saturated rings. The van der Waals surface area contributed by atoms with Crippen LogP contribution in [0.3, 0.4) is 0 Å². The van der Waals surface area contributed by atoms with E-state index in [9.17, 15) is 14.4 Å². The number of carbonyl (C=O) groups is 3. The van der Waals surface area contributed by atoms with E-state index in [0.717, 1.165) is 4.90 Å². The number of phenols is 1. The number of nitrogens with one attached hydrogen (secondary N) is 1. The van der Waals surface area contributed by atoms with Crippen molar-refractivity contribution in [2.24, 2.45) is 0 Å². The number of amides is 2. The van der Waals surface area contributed by atoms with Crippen LogP contribution in [0.5, 0.6) is 5.75 Å². The molecule has 0 spiro atoms. The number of aromatic hydroxyl groups is 1. The maximum absolute atomic E-state index is 11.8. The van der Waals surface area contributed by atoms with Crippen LogP contribution in [0.2, 0.25) is 0 Å². The molecule has 0 saturated heterocycles. The second kappa shape index (κ2) is 6.41. The van der Waals surface area contributed by atoms with Crippen molar-refractivity contribution in [3.05, 3.63) is 24.3 Å². The minimum absolute atomic E-state index is 0.0249. The van der Waals surface area contributed by atoms with Gasteiger partial charge in [0.2, 0.25) is 0 Å². The van der Waals surface area contributed by atoms with Crippen molar-refractivity contribution >= 4 is 23.7 Å². The topological polar surface area (TPSA) is 127 Å². The number of phenolic OH excluding ortho intramolecular Hbond substituents is 1. The molecule has 0 unspecified atom stereocenters. The summed E-state index contributed by atoms with van der Waals surface area (Å²) in [5, 5.41) is 28.6. The molecule has 8 heteroatoms. The van der Waals surface area contributed by atoms with E-state index >= 15 is 0 Å². The van der Waals surface area contributed by atoms with Gasteiger partial charge in [-0.25, -0.2) is 9.59 Å². The van der Waals surface area contributed by atoms with Gasteiger partial charge in [-0.2, -0.15) is 0 Å². The van der Waals surface area contributed by atoms with Crippen LogP contribution in [0.15, 0.2) is 24.3 Å². The number of aliphatic carboxylic acids is 2. The maximum atomic E-state index is 11.8. The SMILES string of the molecule is CN(C(=O)N[C@@H](CC(=O)O)C(=O)O)c1ccc(O)cc1. The average Bonchev–Trinajstić information content (AvgIpc) is 2.37. The lowest BCUT2D eigenvalue weighted by Gasteiger charge is -2.20. The van der Waals surface area contributed by atoms with E-state index in [4.69, 9.17) is 15.3 Å². The molecule has 0 aliphatic heterocycles. The second-order valence-electron chi connectivity index (χ2n) is 4.01. The molecule has 0 aliphatic rings. The summed E-state index contributed by atoms with van der Waals surface area (Å²) in [5.41, 5.74) is 0.416. The fraction of sp³-hybridized carbons (Fsp3) is 0.250. The zero-order valence-corrected chi connectivity index (χ0v) is 10.6. The number of rotatable bonds is 5. The van der Waals surface area contributed by atoms with Crippen molar-refractivity contribution < 1.29 is 29.7 Å². The molecule has 0 aliphatic carbocycles. The van der Waals surface area contributed by atoms with E-state index in [1.807, 2.05) is 0 Å². The Morgan fingerprint density at radius 1 is 1.20 bits per heavy atom. The highest BCUT2D eigenvalue weighted by atomic mass is 16.4. The molecule has 1 atom stereocenters. The number of carbonyl (C=O) groups excluding carboxylic acids is 1. The van der Waals surface area contributed by atoms with Crippen molar-refractivity contribution in [3.63, 3.8) is 0 Å². The zero-order valence-electron chi connectivity index (χ0n) is 10.6. The fourth-order valence-corrected chi connectivity index (χ4v) is 1.41. The van der Waals surface area contributed by atoms with E-state index < -0.39 is 30.4 Å². The molecule has 0 saturated carbocycles. The standard InChI is InChI=1S/C12H14N2O6/c1-14(7-2-4-8(15)5-3-7)12(20)13-9(11(18)19)6-10(16)17/h2-5,9,15H,6H2,1H3,(H,13,20)(H,16,17)(H,18,19)/t9-/m0/s1. The van der Waals surface area contributed by atoms with Crippen molar-refractivity contribution in [2.45, 2.75) is 12.5 Å². The molecule has 1 aromatic rings. The minimum atomic E-state index is -1.51. The Balaban J connectivity index is 2.75. The lowest BCUT2D eigenvalue weighted by atomic mass is 10.2. The average molecular weight is 282 g/mol. The minimum Gasteiger partial charge on any atom is -0.508 e. The summed E-state index contributed by atoms with van der Waals surface area (Å²) in [6.07, 6.45) is -0.718. The van der Waals surface area contributed by atoms with Gasteiger partial charge in [-0.3, -0.25) is 9.69 Å². The Labute approximate surface area is 114 Å². The summed E-state index contributed by atoms with van der Waals surface area (Å²) in [5.74, 6) is -2.73. The van der Waals surface area contributed by atoms with Gasteiger partial charge in [-0.1, -0.05) is 0 Å². The van der Waals surface area contributed by atoms with Crippen LogP contribution in [-0.4, -0.2) is 46.4 Å². The lowest BCUT2D eigenvalue weighted by molar-refractivity contribution is -0.145. The molecule has 0 radical (unpaired) electrons. The number of urea groups is 1. The van der Waals surface area contributed by atoms with Crippen LogP contribution in [0.4, 0.5) is 10.5 Å². The van der Waals surface area contributed by atoms with Gasteiger partial charge in [0.15, 0.2) is 0 Å². The molecule has 1 aromatic carbocycles. The molecule has 0 bridgehead atoms. The smallest absolute Gasteiger partial charge is 0.326 e. The third kappa shape index (κ3) is 4.16. The quantitative estimate of drug-likeness (QED) is 0.621. The van der Waals surface area contributed by atoms with Gasteiger partial charge in [0.1, 0.15) is 11.8 Å². The number of hydrogen-bond donors (Lipinski definition) is 4. The number of anilines is 1. The lowest BCUT2D eigenvalue weighted by Crippen LogP contribution is -2.47. The van der Waals surface area contributed by atoms with Crippen molar-refractivity contribution in [3.8, 4) is 5.75 Å². The fourth-order valence-electron chi connectivity index (χ4n) is 1.41. The highest BCUT2D eigenvalue weighted by Crippen LogP contribution is 2.17. The van der Waals surface area contributed by atoms with Gasteiger partial charge in [0, 0.05) is 12.7 Å². The third-order valence-corrected chi connectivity index (χ3v) is 2.52. The Morgan fingerprint density at radius 3 is 2.20 bits per heavy atom. The molecule has 0 aromatic heterocycles. The predicted octanol–water partition coefficient (Wildman–Crippen LogP) is 0.466. The summed E-state index contributed by atoms with van der Waals surface area (Å²) >= 11 is 0. The van der Waals surface area contributed by atoms with Crippen molar-refractivity contribution in [2.75, 3.05) is 11.9 Å². The number of benzene rings is 1. The molecule has 8 nitrogen and oxygen atoms in total. The molecular formula is C12H14N2O6. The van der Waals surface area contributed by atoms with Crippen molar-refractivity contribution in [1.29, 1.82) is 0 Å². The summed E-state index contributed by atoms with van der Waals surface area (Å²) < 4.78 is 0. The first-order valence-corrected chi connectivity index (χ1v) is 5.59. The van der Waals surface area contributed by atoms with Gasteiger partial charge in [0.05, 0.1) is 6.42 Å². The Bertz CT molecular complexity index is 513. The molecule has 0 heterocycles. The molecular weight excluding hydrogens is 268 g/mol. The molecule has 4 N–H and O–H groups in total. The zero-order chi connectivity index (χ0) is 15.3. The Kier molecular flexibility index (Phi) is 4.90. The van der Waals surface area contributed by atoms with Crippen LogP contribution in [-0.2, 0) is 9.59 Å². The van der Waals surface area contributed by atoms with Crippen LogP contribution >= 0.6 is 0 Å². The predicted molar refractivity (Wildman–Crippen MR) is 68.7 cm³/mol. The highest BCUT2D eigenvalue weighted by molar-refractivity contribution is 5.94. The summed E-state index contributed by atoms with van der Waals surface area (Å²) in [6.45, 7) is 0. The first-order chi connectivity index (χ1) is 9.31. The van der Waals surface area contributed by atoms with Gasteiger partial charge >= 0.3 is 18.0 Å². The molecule has 2 amide bonds. The molecule has 1 rings (SSSR count). The first kappa shape index (κ1) is 15.3. The van der Waals surface area contributed by atoms with Crippen molar-refractivity contribution in [1.82, 2.24) is 5.32 Å². The van der Waals surface area contributed by atoms with E-state index in [2.05, 4.69) is 5.32 Å². The van der Waals surface area contributed by atoms with Crippen LogP contribution in [0.25, 0.3) is 0 Å². The number of carboxylic acids is 2. The number of hydrogen-bond acceptors (Lipinski definition) is 4. The highest BCUT2D eigenvalue weighted by Gasteiger charge is 2.24. The van der Waals surface area contributed by atoms with Crippen LogP contribution in [0.1, 0.15) is 6.42 Å². The van der Waals surface area contributed by atoms with Gasteiger partial charge in [-0.15, -0.1) is 0 Å². The second-order valence-corrected chi connectivity index (χ2v) is 4.01. The van der Waals surface area contributed by atoms with E-state index in [-0.39, 0.29) is 5.75 Å². The third-order valence-electron chi connectivity index (χ3n) is 2.52. The van der Waals surface area contributed by atoms with E-state index in [1.54, 1.807) is 0 Å². The number of carboxylic acid groups (broad SMARTS) is 2. The molecule has 20 heavy (non-hydrogen) atoms. The van der Waals surface area contributed by atoms with Gasteiger partial charge < -0.3 is 20.6 Å². The Morgan fingerprint density at radius 2 is 1.75 bits per heavy atom. The summed E-state index contributed by atoms with van der Waals surface area (Å²) in [7, 11) is 1.39. The molecule has 108 valence electrons. The maximum Gasteiger partial charge on any atom is 0.326 e. The van der Waals surface area contributed by atoms with E-state index in [0.29, 0.717) is 5.69 Å². The normalized spacial score (nSPS) is 11.4. The van der Waals surface area contributed by atoms with Gasteiger partial charge in [-0.05, 0) is 24.3 Å². The van der Waals surface area contributed by atoms with E-state index in [1.165, 1.54) is 31.3 Å². The van der Waals surface area contributed by atoms with Crippen LogP contribution < -0.4 is 10.2 Å². The number of nitrogens with zero attached hydrogens (tertiary/aromatic N) is 1. The summed E-state index contributed by atoms with van der Waals surface area (Å²) in [6, 6.07) is 3.38. The summed E-state index contributed by atoms with van der Waals surface area (Å²) in [4.78, 5) is 34.3. The first-order valence-electron chi connectivity index (χ1n) is 5.59. The Hall–Kier alpha value is -2.77. The van der Waals surface area contributed by atoms with Gasteiger partial charge in [0.25, 0.3) is 0 Å². The van der Waals surface area contributed by atoms with Crippen LogP contribution in [0, 0.1) is 0 Å². The monoisotopic (exact) mass is 282 g/mol.